The maximum atomic E-state index is 12.7. The molecule has 4 rings (SSSR count). The minimum atomic E-state index is -0.0909. The maximum Gasteiger partial charge on any atom is 0.252 e. The van der Waals surface area contributed by atoms with Crippen LogP contribution in [0.15, 0.2) is 23.5 Å². The zero-order valence-corrected chi connectivity index (χ0v) is 31.4. The molecule has 3 unspecified atom stereocenters. The fourth-order valence-electron chi connectivity index (χ4n) is 5.67. The molecule has 2 aliphatic heterocycles. The molecular formula is C36H67N9O2. The fraction of sp³-hybridized carbons (Fsp3) is 0.750. The van der Waals surface area contributed by atoms with Gasteiger partial charge < -0.3 is 20.3 Å². The summed E-state index contributed by atoms with van der Waals surface area (Å²) in [6, 6.07) is -0.0200. The van der Waals surface area contributed by atoms with Crippen molar-refractivity contribution in [3.8, 4) is 0 Å². The van der Waals surface area contributed by atoms with Gasteiger partial charge in [-0.1, -0.05) is 81.2 Å². The number of carbonyl (C=O) groups excluding carboxylic acids is 1. The molecule has 2 aromatic rings. The van der Waals surface area contributed by atoms with Crippen LogP contribution < -0.4 is 15.5 Å². The molecule has 2 N–H and O–H groups in total. The van der Waals surface area contributed by atoms with E-state index >= 15 is 0 Å². The first-order chi connectivity index (χ1) is 22.9. The molecule has 0 spiro atoms. The number of anilines is 1. The molecule has 268 valence electrons. The summed E-state index contributed by atoms with van der Waals surface area (Å²) in [5.41, 5.74) is 2.51. The van der Waals surface area contributed by atoms with Crippen molar-refractivity contribution in [2.45, 2.75) is 106 Å². The largest absolute Gasteiger partial charge is 0.383 e. The third-order valence-electron chi connectivity index (χ3n) is 8.39. The Morgan fingerprint density at radius 1 is 1.15 bits per heavy atom. The third-order valence-corrected chi connectivity index (χ3v) is 8.39. The zero-order valence-electron chi connectivity index (χ0n) is 31.4. The van der Waals surface area contributed by atoms with Crippen molar-refractivity contribution in [1.29, 1.82) is 0 Å². The number of allylic oxidation sites excluding steroid dienone is 1. The van der Waals surface area contributed by atoms with Crippen LogP contribution in [-0.4, -0.2) is 96.6 Å². The van der Waals surface area contributed by atoms with Gasteiger partial charge in [-0.25, -0.2) is 9.50 Å². The summed E-state index contributed by atoms with van der Waals surface area (Å²) in [5.74, 6) is 2.14. The summed E-state index contributed by atoms with van der Waals surface area (Å²) in [7, 11) is 3.49. The molecule has 0 saturated carbocycles. The first-order valence-corrected chi connectivity index (χ1v) is 18.3. The normalized spacial score (nSPS) is 17.8. The maximum absolute atomic E-state index is 12.7. The van der Waals surface area contributed by atoms with Crippen LogP contribution in [0.25, 0.3) is 5.78 Å². The topological polar surface area (TPSA) is 112 Å². The van der Waals surface area contributed by atoms with Gasteiger partial charge in [0.15, 0.2) is 5.82 Å². The zero-order chi connectivity index (χ0) is 35.2. The summed E-state index contributed by atoms with van der Waals surface area (Å²) >= 11 is 0. The molecule has 47 heavy (non-hydrogen) atoms. The van der Waals surface area contributed by atoms with Crippen molar-refractivity contribution in [2.24, 2.45) is 16.8 Å². The van der Waals surface area contributed by atoms with E-state index in [2.05, 4.69) is 45.9 Å². The Kier molecular flexibility index (Phi) is 21.6. The van der Waals surface area contributed by atoms with Gasteiger partial charge in [0, 0.05) is 77.7 Å². The summed E-state index contributed by atoms with van der Waals surface area (Å²) in [4.78, 5) is 31.6. The van der Waals surface area contributed by atoms with Gasteiger partial charge in [0.1, 0.15) is 5.69 Å². The highest BCUT2D eigenvalue weighted by atomic mass is 16.5. The Bertz CT molecular complexity index is 1170. The Morgan fingerprint density at radius 3 is 2.47 bits per heavy atom. The molecule has 0 aliphatic carbocycles. The van der Waals surface area contributed by atoms with Crippen molar-refractivity contribution in [3.05, 3.63) is 29.9 Å². The molecule has 4 heterocycles. The fourth-order valence-corrected chi connectivity index (χ4v) is 5.67. The number of hydrogen-bond acceptors (Lipinski definition) is 9. The van der Waals surface area contributed by atoms with Crippen molar-refractivity contribution in [1.82, 2.24) is 35.1 Å². The number of ether oxygens (including phenoxy) is 1. The number of methoxy groups -OCH3 is 1. The molecule has 0 radical (unpaired) electrons. The lowest BCUT2D eigenvalue weighted by atomic mass is 9.93. The van der Waals surface area contributed by atoms with Gasteiger partial charge in [0.25, 0.3) is 5.78 Å². The van der Waals surface area contributed by atoms with Gasteiger partial charge >= 0.3 is 0 Å². The van der Waals surface area contributed by atoms with Gasteiger partial charge in [-0.15, -0.1) is 0 Å². The SMILES string of the molecule is C=C(C=NC)NC(CCCC(C)CC)c1cn2nc(CC3CCCNC3=O)c(N3CCN(CCOC)CC3)nc2n1.CC.CC.CC. The molecule has 2 fully saturated rings. The molecule has 1 amide bonds. The number of piperidine rings is 1. The number of piperazine rings is 1. The van der Waals surface area contributed by atoms with E-state index in [-0.39, 0.29) is 17.9 Å². The summed E-state index contributed by atoms with van der Waals surface area (Å²) in [6.07, 6.45) is 10.5. The van der Waals surface area contributed by atoms with Crippen molar-refractivity contribution in [2.75, 3.05) is 64.9 Å². The smallest absolute Gasteiger partial charge is 0.252 e. The third kappa shape index (κ3) is 13.5. The predicted molar refractivity (Wildman–Crippen MR) is 198 cm³/mol. The highest BCUT2D eigenvalue weighted by molar-refractivity contribution is 5.79. The van der Waals surface area contributed by atoms with Gasteiger partial charge in [-0.2, -0.15) is 10.1 Å². The van der Waals surface area contributed by atoms with Gasteiger partial charge in [-0.3, -0.25) is 14.7 Å². The Morgan fingerprint density at radius 2 is 1.85 bits per heavy atom. The van der Waals surface area contributed by atoms with E-state index < -0.39 is 0 Å². The number of aliphatic imine (C=N–C) groups is 1. The first kappa shape index (κ1) is 42.0. The number of imidazole rings is 1. The minimum absolute atomic E-state index is 0.0200. The van der Waals surface area contributed by atoms with E-state index in [0.717, 1.165) is 94.5 Å². The van der Waals surface area contributed by atoms with Crippen LogP contribution in [0.2, 0.25) is 0 Å². The number of aromatic nitrogens is 4. The quantitative estimate of drug-likeness (QED) is 0.221. The summed E-state index contributed by atoms with van der Waals surface area (Å²) < 4.78 is 7.07. The predicted octanol–water partition coefficient (Wildman–Crippen LogP) is 6.10. The number of rotatable bonds is 15. The number of amides is 1. The van der Waals surface area contributed by atoms with Crippen molar-refractivity contribution < 1.29 is 9.53 Å². The second-order valence-corrected chi connectivity index (χ2v) is 11.5. The van der Waals surface area contributed by atoms with Gasteiger partial charge in [-0.05, 0) is 25.2 Å². The summed E-state index contributed by atoms with van der Waals surface area (Å²) in [5, 5.41) is 11.6. The molecule has 11 heteroatoms. The Balaban J connectivity index is 0.00000174. The Hall–Kier alpha value is -3.05. The van der Waals surface area contributed by atoms with Crippen molar-refractivity contribution in [3.63, 3.8) is 0 Å². The van der Waals surface area contributed by atoms with E-state index in [4.69, 9.17) is 19.8 Å². The monoisotopic (exact) mass is 658 g/mol. The number of nitrogens with zero attached hydrogens (tertiary/aromatic N) is 7. The van der Waals surface area contributed by atoms with Crippen LogP contribution in [0, 0.1) is 11.8 Å². The van der Waals surface area contributed by atoms with Crippen LogP contribution in [0.4, 0.5) is 5.82 Å². The number of carbonyl (C=O) groups is 1. The standard InChI is InChI=1S/C30H49N9O2.3C2H6/c1-6-22(2)9-7-11-25(33-23(3)20-31-4)27-21-39-30(34-27)35-28(38-15-13-37(14-16-38)17-18-41-5)26(36-39)19-24-10-8-12-32-29(24)40;3*1-2/h20-22,24-25,33H,3,6-19H2,1-2,4-5H3,(H,32,40);3*1-2H3. The van der Waals surface area contributed by atoms with Crippen LogP contribution in [0.1, 0.15) is 111 Å². The molecule has 11 nitrogen and oxygen atoms in total. The van der Waals surface area contributed by atoms with E-state index in [9.17, 15) is 4.79 Å². The van der Waals surface area contributed by atoms with Gasteiger partial charge in [0.05, 0.1) is 24.5 Å². The lowest BCUT2D eigenvalue weighted by molar-refractivity contribution is -0.126. The summed E-state index contributed by atoms with van der Waals surface area (Å²) in [6.45, 7) is 26.6. The van der Waals surface area contributed by atoms with Crippen molar-refractivity contribution >= 4 is 23.7 Å². The molecule has 3 atom stereocenters. The first-order valence-electron chi connectivity index (χ1n) is 18.3. The highest BCUT2D eigenvalue weighted by Crippen LogP contribution is 2.27. The van der Waals surface area contributed by atoms with Crippen LogP contribution in [0.5, 0.6) is 0 Å². The lowest BCUT2D eigenvalue weighted by Gasteiger charge is -2.36. The molecule has 2 aromatic heterocycles. The average molecular weight is 658 g/mol. The second kappa shape index (κ2) is 24.1. The number of fused-ring (bicyclic) bond motifs is 1. The number of hydrogen-bond donors (Lipinski definition) is 2. The van der Waals surface area contributed by atoms with E-state index in [1.165, 1.54) is 12.8 Å². The lowest BCUT2D eigenvalue weighted by Crippen LogP contribution is -2.48. The molecule has 2 aliphatic rings. The molecule has 0 aromatic carbocycles. The van der Waals surface area contributed by atoms with Crippen LogP contribution in [-0.2, 0) is 16.0 Å². The second-order valence-electron chi connectivity index (χ2n) is 11.5. The van der Waals surface area contributed by atoms with Crippen LogP contribution in [0.3, 0.4) is 0 Å². The van der Waals surface area contributed by atoms with E-state index in [0.29, 0.717) is 18.1 Å². The Labute approximate surface area is 286 Å². The number of nitrogens with one attached hydrogen (secondary N) is 2. The molecule has 0 bridgehead atoms. The minimum Gasteiger partial charge on any atom is -0.383 e. The van der Waals surface area contributed by atoms with E-state index in [1.54, 1.807) is 24.9 Å². The molecular weight excluding hydrogens is 590 g/mol. The molecule has 2 saturated heterocycles. The van der Waals surface area contributed by atoms with Crippen LogP contribution >= 0.6 is 0 Å². The van der Waals surface area contributed by atoms with E-state index in [1.807, 2.05) is 47.7 Å². The average Bonchev–Trinajstić information content (AvgIpc) is 3.53. The highest BCUT2D eigenvalue weighted by Gasteiger charge is 2.28. The van der Waals surface area contributed by atoms with Gasteiger partial charge in [0.2, 0.25) is 5.91 Å².